The lowest BCUT2D eigenvalue weighted by molar-refractivity contribution is 0.238. The van der Waals surface area contributed by atoms with E-state index in [1.807, 2.05) is 0 Å². The molecule has 1 saturated heterocycles. The van der Waals surface area contributed by atoms with Crippen LogP contribution >= 0.6 is 11.3 Å². The fourth-order valence-electron chi connectivity index (χ4n) is 1.90. The van der Waals surface area contributed by atoms with Crippen molar-refractivity contribution in [1.82, 2.24) is 15.6 Å². The Morgan fingerprint density at radius 2 is 2.31 bits per heavy atom. The highest BCUT2D eigenvalue weighted by molar-refractivity contribution is 7.09. The van der Waals surface area contributed by atoms with E-state index in [0.717, 1.165) is 24.1 Å². The summed E-state index contributed by atoms with van der Waals surface area (Å²) >= 11 is 1.75. The summed E-state index contributed by atoms with van der Waals surface area (Å²) in [6.45, 7) is 10.0. The smallest absolute Gasteiger partial charge is 0.110 e. The standard InChI is InChI=1S/C12H21N3S/c1-8(11-5-13-6-11)4-14-10(3)12-15-9(2)7-16-12/h7-8,10-11,13-14H,4-6H2,1-3H3. The van der Waals surface area contributed by atoms with Crippen molar-refractivity contribution in [2.45, 2.75) is 26.8 Å². The van der Waals surface area contributed by atoms with Crippen LogP contribution in [0.1, 0.15) is 30.6 Å². The number of thiazole rings is 1. The Hall–Kier alpha value is -0.450. The number of hydrogen-bond donors (Lipinski definition) is 2. The molecule has 2 N–H and O–H groups in total. The molecule has 0 radical (unpaired) electrons. The Balaban J connectivity index is 1.76. The number of aromatic nitrogens is 1. The molecule has 0 spiro atoms. The molecule has 16 heavy (non-hydrogen) atoms. The molecule has 1 aliphatic heterocycles. The third kappa shape index (κ3) is 2.81. The van der Waals surface area contributed by atoms with Gasteiger partial charge in [-0.15, -0.1) is 11.3 Å². The third-order valence-corrected chi connectivity index (χ3v) is 4.52. The molecule has 3 nitrogen and oxygen atoms in total. The highest BCUT2D eigenvalue weighted by Crippen LogP contribution is 2.19. The summed E-state index contributed by atoms with van der Waals surface area (Å²) in [5.74, 6) is 1.61. The molecule has 1 fully saturated rings. The summed E-state index contributed by atoms with van der Waals surface area (Å²) < 4.78 is 0. The van der Waals surface area contributed by atoms with Gasteiger partial charge in [0.25, 0.3) is 0 Å². The van der Waals surface area contributed by atoms with Crippen molar-refractivity contribution >= 4 is 11.3 Å². The van der Waals surface area contributed by atoms with E-state index in [1.54, 1.807) is 11.3 Å². The first kappa shape index (κ1) is 12.0. The van der Waals surface area contributed by atoms with E-state index < -0.39 is 0 Å². The molecular weight excluding hydrogens is 218 g/mol. The van der Waals surface area contributed by atoms with Gasteiger partial charge in [0.2, 0.25) is 0 Å². The molecule has 0 aliphatic carbocycles. The van der Waals surface area contributed by atoms with Gasteiger partial charge in [0, 0.05) is 11.1 Å². The average molecular weight is 239 g/mol. The molecule has 90 valence electrons. The van der Waals surface area contributed by atoms with Gasteiger partial charge in [-0.25, -0.2) is 4.98 Å². The molecule has 2 heterocycles. The molecule has 1 aromatic rings. The van der Waals surface area contributed by atoms with Crippen LogP contribution in [0.15, 0.2) is 5.38 Å². The zero-order valence-electron chi connectivity index (χ0n) is 10.3. The molecule has 2 unspecified atom stereocenters. The van der Waals surface area contributed by atoms with Crippen molar-refractivity contribution in [3.63, 3.8) is 0 Å². The minimum absolute atomic E-state index is 0.384. The van der Waals surface area contributed by atoms with Crippen molar-refractivity contribution in [2.24, 2.45) is 11.8 Å². The van der Waals surface area contributed by atoms with Gasteiger partial charge in [-0.3, -0.25) is 0 Å². The predicted molar refractivity (Wildman–Crippen MR) is 68.8 cm³/mol. The number of nitrogens with one attached hydrogen (secondary N) is 2. The summed E-state index contributed by atoms with van der Waals surface area (Å²) in [6, 6.07) is 0.384. The quantitative estimate of drug-likeness (QED) is 0.825. The van der Waals surface area contributed by atoms with Crippen LogP contribution < -0.4 is 10.6 Å². The number of aryl methyl sites for hydroxylation is 1. The minimum atomic E-state index is 0.384. The highest BCUT2D eigenvalue weighted by Gasteiger charge is 2.23. The molecule has 0 aromatic carbocycles. The summed E-state index contributed by atoms with van der Waals surface area (Å²) in [6.07, 6.45) is 0. The zero-order chi connectivity index (χ0) is 11.5. The fraction of sp³-hybridized carbons (Fsp3) is 0.750. The van der Waals surface area contributed by atoms with E-state index >= 15 is 0 Å². The van der Waals surface area contributed by atoms with Gasteiger partial charge in [0.15, 0.2) is 0 Å². The zero-order valence-corrected chi connectivity index (χ0v) is 11.1. The van der Waals surface area contributed by atoms with Gasteiger partial charge in [-0.1, -0.05) is 6.92 Å². The van der Waals surface area contributed by atoms with Crippen molar-refractivity contribution in [3.05, 3.63) is 16.1 Å². The van der Waals surface area contributed by atoms with Crippen LogP contribution in [0, 0.1) is 18.8 Å². The lowest BCUT2D eigenvalue weighted by Crippen LogP contribution is -2.47. The predicted octanol–water partition coefficient (Wildman–Crippen LogP) is 1.96. The van der Waals surface area contributed by atoms with E-state index in [4.69, 9.17) is 0 Å². The Kier molecular flexibility index (Phi) is 3.95. The first-order valence-electron chi connectivity index (χ1n) is 6.03. The van der Waals surface area contributed by atoms with E-state index in [2.05, 4.69) is 41.8 Å². The largest absolute Gasteiger partial charge is 0.316 e. The van der Waals surface area contributed by atoms with E-state index in [9.17, 15) is 0 Å². The van der Waals surface area contributed by atoms with Gasteiger partial charge < -0.3 is 10.6 Å². The van der Waals surface area contributed by atoms with Crippen LogP contribution in [-0.4, -0.2) is 24.6 Å². The van der Waals surface area contributed by atoms with Crippen LogP contribution in [0.4, 0.5) is 0 Å². The second kappa shape index (κ2) is 5.25. The Labute approximate surface area is 102 Å². The van der Waals surface area contributed by atoms with Gasteiger partial charge >= 0.3 is 0 Å². The molecule has 2 atom stereocenters. The highest BCUT2D eigenvalue weighted by atomic mass is 32.1. The van der Waals surface area contributed by atoms with Crippen molar-refractivity contribution in [2.75, 3.05) is 19.6 Å². The van der Waals surface area contributed by atoms with Crippen molar-refractivity contribution in [3.8, 4) is 0 Å². The molecule has 1 aromatic heterocycles. The molecule has 2 rings (SSSR count). The fourth-order valence-corrected chi connectivity index (χ4v) is 2.73. The van der Waals surface area contributed by atoms with Crippen molar-refractivity contribution < 1.29 is 0 Å². The number of hydrogen-bond acceptors (Lipinski definition) is 4. The summed E-state index contributed by atoms with van der Waals surface area (Å²) in [7, 11) is 0. The lowest BCUT2D eigenvalue weighted by Gasteiger charge is -2.33. The number of rotatable bonds is 5. The molecule has 0 amide bonds. The molecule has 4 heteroatoms. The van der Waals surface area contributed by atoms with Crippen molar-refractivity contribution in [1.29, 1.82) is 0 Å². The maximum atomic E-state index is 4.51. The molecule has 0 bridgehead atoms. The topological polar surface area (TPSA) is 37.0 Å². The van der Waals surface area contributed by atoms with Crippen LogP contribution in [0.3, 0.4) is 0 Å². The molecule has 1 aliphatic rings. The molecule has 0 saturated carbocycles. The maximum absolute atomic E-state index is 4.51. The maximum Gasteiger partial charge on any atom is 0.110 e. The van der Waals surface area contributed by atoms with Gasteiger partial charge in [-0.2, -0.15) is 0 Å². The number of nitrogens with zero attached hydrogens (tertiary/aromatic N) is 1. The van der Waals surface area contributed by atoms with Gasteiger partial charge in [-0.05, 0) is 45.3 Å². The lowest BCUT2D eigenvalue weighted by atomic mass is 9.89. The Morgan fingerprint density at radius 1 is 1.56 bits per heavy atom. The third-order valence-electron chi connectivity index (χ3n) is 3.37. The van der Waals surface area contributed by atoms with E-state index in [1.165, 1.54) is 18.1 Å². The van der Waals surface area contributed by atoms with E-state index in [0.29, 0.717) is 6.04 Å². The average Bonchev–Trinajstić information content (AvgIpc) is 2.58. The second-order valence-electron chi connectivity index (χ2n) is 4.85. The van der Waals surface area contributed by atoms with Gasteiger partial charge in [0.1, 0.15) is 5.01 Å². The normalized spacial score (nSPS) is 20.4. The first-order chi connectivity index (χ1) is 7.66. The van der Waals surface area contributed by atoms with Crippen LogP contribution in [-0.2, 0) is 0 Å². The van der Waals surface area contributed by atoms with Crippen LogP contribution in [0.5, 0.6) is 0 Å². The Bertz CT molecular complexity index is 333. The Morgan fingerprint density at radius 3 is 2.81 bits per heavy atom. The van der Waals surface area contributed by atoms with E-state index in [-0.39, 0.29) is 0 Å². The monoisotopic (exact) mass is 239 g/mol. The summed E-state index contributed by atoms with van der Waals surface area (Å²) in [5, 5.41) is 10.2. The van der Waals surface area contributed by atoms with Gasteiger partial charge in [0.05, 0.1) is 6.04 Å². The molecular formula is C12H21N3S. The van der Waals surface area contributed by atoms with Crippen LogP contribution in [0.2, 0.25) is 0 Å². The summed E-state index contributed by atoms with van der Waals surface area (Å²) in [5.41, 5.74) is 1.13. The summed E-state index contributed by atoms with van der Waals surface area (Å²) in [4.78, 5) is 4.51. The minimum Gasteiger partial charge on any atom is -0.316 e. The second-order valence-corrected chi connectivity index (χ2v) is 5.74. The first-order valence-corrected chi connectivity index (χ1v) is 6.91. The van der Waals surface area contributed by atoms with Crippen LogP contribution in [0.25, 0.3) is 0 Å². The SMILES string of the molecule is Cc1csc(C(C)NCC(C)C2CNC2)n1.